The van der Waals surface area contributed by atoms with Gasteiger partial charge in [-0.25, -0.2) is 0 Å². The molecule has 0 amide bonds. The van der Waals surface area contributed by atoms with E-state index in [1.54, 1.807) is 6.07 Å². The lowest BCUT2D eigenvalue weighted by Crippen LogP contribution is -2.43. The molecule has 1 aliphatic rings. The third-order valence-corrected chi connectivity index (χ3v) is 3.02. The van der Waals surface area contributed by atoms with Crippen LogP contribution in [-0.4, -0.2) is 12.5 Å². The molecule has 0 fully saturated rings. The van der Waals surface area contributed by atoms with E-state index in [1.807, 2.05) is 0 Å². The Morgan fingerprint density at radius 3 is 2.56 bits per heavy atom. The van der Waals surface area contributed by atoms with Crippen LogP contribution in [0.1, 0.15) is 9.30 Å². The molecule has 1 heterocycles. The van der Waals surface area contributed by atoms with Gasteiger partial charge in [-0.3, -0.25) is 0 Å². The third-order valence-electron chi connectivity index (χ3n) is 1.96. The molecule has 1 aliphatic heterocycles. The van der Waals surface area contributed by atoms with Gasteiger partial charge in [0, 0.05) is 0 Å². The topological polar surface area (TPSA) is 18.5 Å². The summed E-state index contributed by atoms with van der Waals surface area (Å²) in [5.41, 5.74) is 0.708. The summed E-state index contributed by atoms with van der Waals surface area (Å²) in [5.74, 6) is -0.219. The fourth-order valence-electron chi connectivity index (χ4n) is 1.21. The van der Waals surface area contributed by atoms with E-state index in [2.05, 4.69) is 41.3 Å². The maximum Gasteiger partial charge on any atom is 0.468 e. The van der Waals surface area contributed by atoms with E-state index in [0.717, 1.165) is 0 Å². The highest BCUT2D eigenvalue weighted by Crippen LogP contribution is 2.43. The van der Waals surface area contributed by atoms with Gasteiger partial charge in [-0.15, -0.1) is 0 Å². The molecule has 0 saturated carbocycles. The van der Waals surface area contributed by atoms with Gasteiger partial charge in [0.2, 0.25) is 0 Å². The summed E-state index contributed by atoms with van der Waals surface area (Å²) in [6.07, 6.45) is -6.74. The number of ether oxygens (including phenoxy) is 2. The first-order valence-electron chi connectivity index (χ1n) is 4.20. The van der Waals surface area contributed by atoms with Crippen LogP contribution in [0.2, 0.25) is 0 Å². The van der Waals surface area contributed by atoms with Crippen molar-refractivity contribution in [3.63, 3.8) is 0 Å². The lowest BCUT2D eigenvalue weighted by molar-refractivity contribution is -0.281. The van der Waals surface area contributed by atoms with E-state index >= 15 is 0 Å². The van der Waals surface area contributed by atoms with Crippen molar-refractivity contribution in [1.82, 2.24) is 0 Å². The Hall–Kier alpha value is -0.430. The number of hydrogen-bond donors (Lipinski definition) is 0. The summed E-state index contributed by atoms with van der Waals surface area (Å²) in [5, 5.41) is 0. The molecule has 16 heavy (non-hydrogen) atoms. The van der Waals surface area contributed by atoms with Gasteiger partial charge in [0.1, 0.15) is 0 Å². The monoisotopic (exact) mass is 360 g/mol. The molecule has 0 N–H and O–H groups in total. The van der Waals surface area contributed by atoms with E-state index in [-0.39, 0.29) is 15.2 Å². The zero-order valence-corrected chi connectivity index (χ0v) is 10.8. The molecule has 1 atom stereocenters. The number of hydrogen-bond acceptors (Lipinski definition) is 2. The third kappa shape index (κ3) is 2.15. The molecule has 0 bridgehead atoms. The van der Waals surface area contributed by atoms with Crippen LogP contribution in [0.25, 0.3) is 0 Å². The van der Waals surface area contributed by atoms with Crippen LogP contribution in [0, 0.1) is 0 Å². The van der Waals surface area contributed by atoms with E-state index < -0.39 is 12.5 Å². The molecule has 0 radical (unpaired) electrons. The van der Waals surface area contributed by atoms with Crippen molar-refractivity contribution < 1.29 is 22.6 Å². The van der Waals surface area contributed by atoms with Crippen LogP contribution in [0.4, 0.5) is 13.2 Å². The Labute approximate surface area is 106 Å². The Morgan fingerprint density at radius 1 is 1.25 bits per heavy atom. The Kier molecular flexibility index (Phi) is 3.09. The summed E-state index contributed by atoms with van der Waals surface area (Å²) in [7, 11) is 0. The average molecular weight is 362 g/mol. The van der Waals surface area contributed by atoms with E-state index in [4.69, 9.17) is 0 Å². The van der Waals surface area contributed by atoms with Gasteiger partial charge in [-0.2, -0.15) is 13.2 Å². The van der Waals surface area contributed by atoms with Crippen LogP contribution in [0.15, 0.2) is 18.2 Å². The molecule has 1 unspecified atom stereocenters. The van der Waals surface area contributed by atoms with Crippen LogP contribution in [0.3, 0.4) is 0 Å². The van der Waals surface area contributed by atoms with Crippen LogP contribution in [0.5, 0.6) is 11.5 Å². The minimum Gasteiger partial charge on any atom is -0.447 e. The predicted octanol–water partition coefficient (Wildman–Crippen LogP) is 4.13. The van der Waals surface area contributed by atoms with Crippen molar-refractivity contribution in [2.45, 2.75) is 16.2 Å². The zero-order valence-electron chi connectivity index (χ0n) is 7.59. The van der Waals surface area contributed by atoms with Crippen LogP contribution >= 0.6 is 31.9 Å². The second-order valence-corrected chi connectivity index (χ2v) is 6.16. The van der Waals surface area contributed by atoms with E-state index in [9.17, 15) is 13.2 Å². The summed E-state index contributed by atoms with van der Waals surface area (Å²) in [4.78, 5) is 0. The smallest absolute Gasteiger partial charge is 0.447 e. The van der Waals surface area contributed by atoms with Gasteiger partial charge in [-0.1, -0.05) is 37.9 Å². The number of rotatable bonds is 1. The zero-order chi connectivity index (χ0) is 11.9. The highest BCUT2D eigenvalue weighted by molar-refractivity contribution is 9.24. The molecule has 2 nitrogen and oxygen atoms in total. The fraction of sp³-hybridized carbons (Fsp3) is 0.333. The minimum absolute atomic E-state index is 0.0418. The quantitative estimate of drug-likeness (QED) is 0.700. The molecule has 7 heteroatoms. The number of halogens is 5. The summed E-state index contributed by atoms with van der Waals surface area (Å²) < 4.78 is 46.9. The Bertz CT molecular complexity index is 412. The number of fused-ring (bicyclic) bond motifs is 1. The van der Waals surface area contributed by atoms with Gasteiger partial charge >= 0.3 is 12.5 Å². The van der Waals surface area contributed by atoms with Crippen molar-refractivity contribution in [3.05, 3.63) is 23.8 Å². The minimum atomic E-state index is -3.95. The molecule has 1 aromatic carbocycles. The Balaban J connectivity index is 2.37. The Morgan fingerprint density at radius 2 is 1.94 bits per heavy atom. The van der Waals surface area contributed by atoms with Gasteiger partial charge in [-0.05, 0) is 17.7 Å². The molecule has 88 valence electrons. The average Bonchev–Trinajstić information content (AvgIpc) is 2.18. The lowest BCUT2D eigenvalue weighted by Gasteiger charge is -2.28. The highest BCUT2D eigenvalue weighted by Gasteiger charge is 2.49. The number of alkyl halides is 5. The molecule has 0 spiro atoms. The van der Waals surface area contributed by atoms with Crippen LogP contribution in [-0.2, 0) is 0 Å². The first-order valence-corrected chi connectivity index (χ1v) is 6.03. The molecule has 0 aliphatic carbocycles. The molecular weight excluding hydrogens is 357 g/mol. The van der Waals surface area contributed by atoms with Crippen molar-refractivity contribution in [2.24, 2.45) is 0 Å². The molecular formula is C9H5Br2F3O2. The summed E-state index contributed by atoms with van der Waals surface area (Å²) in [6, 6.07) is 4.29. The van der Waals surface area contributed by atoms with Gasteiger partial charge in [0.25, 0.3) is 0 Å². The number of benzene rings is 1. The maximum atomic E-state index is 12.9. The second-order valence-electron chi connectivity index (χ2n) is 3.10. The van der Waals surface area contributed by atoms with Gasteiger partial charge in [0.05, 0.1) is 3.74 Å². The predicted molar refractivity (Wildman–Crippen MR) is 58.1 cm³/mol. The fourth-order valence-corrected chi connectivity index (χ4v) is 1.78. The first-order chi connectivity index (χ1) is 7.40. The normalized spacial score (nSPS) is 22.2. The molecule has 0 saturated heterocycles. The summed E-state index contributed by atoms with van der Waals surface area (Å²) in [6.45, 7) is 0. The van der Waals surface area contributed by atoms with Gasteiger partial charge in [0.15, 0.2) is 11.5 Å². The van der Waals surface area contributed by atoms with Crippen molar-refractivity contribution in [3.8, 4) is 11.5 Å². The second kappa shape index (κ2) is 4.10. The lowest BCUT2D eigenvalue weighted by atomic mass is 10.2. The summed E-state index contributed by atoms with van der Waals surface area (Å²) >= 11 is 6.45. The SMILES string of the molecule is FC1Oc2cc(C(Br)Br)ccc2OC1(F)F. The molecule has 1 aromatic rings. The van der Waals surface area contributed by atoms with Crippen LogP contribution < -0.4 is 9.47 Å². The molecule has 0 aromatic heterocycles. The standard InChI is InChI=1S/C9H5Br2F3O2/c10-7(11)4-1-2-5-6(3-4)15-8(12)9(13,14)16-5/h1-3,7-8H. The van der Waals surface area contributed by atoms with Crippen molar-refractivity contribution in [1.29, 1.82) is 0 Å². The van der Waals surface area contributed by atoms with Crippen molar-refractivity contribution >= 4 is 31.9 Å². The highest BCUT2D eigenvalue weighted by atomic mass is 79.9. The largest absolute Gasteiger partial charge is 0.468 e. The van der Waals surface area contributed by atoms with E-state index in [0.29, 0.717) is 5.56 Å². The van der Waals surface area contributed by atoms with Crippen molar-refractivity contribution in [2.75, 3.05) is 0 Å². The molecule has 2 rings (SSSR count). The first kappa shape index (κ1) is 12.0. The maximum absolute atomic E-state index is 12.9. The van der Waals surface area contributed by atoms with E-state index in [1.165, 1.54) is 12.1 Å². The van der Waals surface area contributed by atoms with Gasteiger partial charge < -0.3 is 9.47 Å².